The molecule has 0 heterocycles. The maximum atomic E-state index is 14.0. The van der Waals surface area contributed by atoms with Crippen LogP contribution in [0.15, 0.2) is 78.9 Å². The lowest BCUT2D eigenvalue weighted by Gasteiger charge is -2.33. The largest absolute Gasteiger partial charge is 0.354 e. The van der Waals surface area contributed by atoms with Gasteiger partial charge in [-0.1, -0.05) is 79.5 Å². The molecule has 0 bridgehead atoms. The fraction of sp³-hybridized carbons (Fsp3) is 0.333. The predicted octanol–water partition coefficient (Wildman–Crippen LogP) is 4.97. The van der Waals surface area contributed by atoms with Crippen LogP contribution in [0.5, 0.6) is 0 Å². The van der Waals surface area contributed by atoms with Crippen LogP contribution in [0, 0.1) is 6.92 Å². The van der Waals surface area contributed by atoms with Gasteiger partial charge in [0, 0.05) is 24.5 Å². The normalized spacial score (nSPS) is 12.0. The van der Waals surface area contributed by atoms with Crippen LogP contribution in [0.4, 0.5) is 5.69 Å². The van der Waals surface area contributed by atoms with Crippen molar-refractivity contribution in [3.8, 4) is 0 Å². The zero-order chi connectivity index (χ0) is 28.4. The summed E-state index contributed by atoms with van der Waals surface area (Å²) in [6.45, 7) is 4.01. The number of nitrogens with one attached hydrogen (secondary N) is 1. The summed E-state index contributed by atoms with van der Waals surface area (Å²) < 4.78 is 26.7. The van der Waals surface area contributed by atoms with Gasteiger partial charge in [-0.2, -0.15) is 0 Å². The number of rotatable bonds is 13. The van der Waals surface area contributed by atoms with Crippen molar-refractivity contribution in [2.24, 2.45) is 0 Å². The van der Waals surface area contributed by atoms with E-state index in [-0.39, 0.29) is 18.9 Å². The number of anilines is 1. The van der Waals surface area contributed by atoms with E-state index in [1.165, 1.54) is 4.90 Å². The molecule has 0 aromatic heterocycles. The molecule has 1 N–H and O–H groups in total. The molecule has 3 rings (SSSR count). The van der Waals surface area contributed by atoms with Crippen LogP contribution in [0.3, 0.4) is 0 Å². The van der Waals surface area contributed by atoms with E-state index in [1.807, 2.05) is 56.3 Å². The van der Waals surface area contributed by atoms with E-state index < -0.39 is 28.5 Å². The van der Waals surface area contributed by atoms with Gasteiger partial charge in [0.25, 0.3) is 0 Å². The molecule has 0 saturated heterocycles. The highest BCUT2D eigenvalue weighted by Crippen LogP contribution is 2.22. The monoisotopic (exact) mass is 569 g/mol. The Labute approximate surface area is 236 Å². The van der Waals surface area contributed by atoms with Crippen molar-refractivity contribution < 1.29 is 18.0 Å². The lowest BCUT2D eigenvalue weighted by atomic mass is 10.0. The Bertz CT molecular complexity index is 1370. The molecule has 208 valence electrons. The van der Waals surface area contributed by atoms with Crippen molar-refractivity contribution >= 4 is 39.1 Å². The lowest BCUT2D eigenvalue weighted by molar-refractivity contribution is -0.140. The Balaban J connectivity index is 2.03. The average molecular weight is 570 g/mol. The number of halogens is 1. The minimum Gasteiger partial charge on any atom is -0.354 e. The molecule has 3 aromatic carbocycles. The van der Waals surface area contributed by atoms with Crippen molar-refractivity contribution in [1.82, 2.24) is 10.2 Å². The summed E-state index contributed by atoms with van der Waals surface area (Å²) in [5.74, 6) is -0.780. The summed E-state index contributed by atoms with van der Waals surface area (Å²) in [5, 5.41) is 3.47. The molecule has 2 amide bonds. The molecule has 7 nitrogen and oxygen atoms in total. The molecule has 0 radical (unpaired) electrons. The van der Waals surface area contributed by atoms with Crippen LogP contribution >= 0.6 is 11.6 Å². The molecule has 0 fully saturated rings. The van der Waals surface area contributed by atoms with Gasteiger partial charge in [-0.3, -0.25) is 13.9 Å². The van der Waals surface area contributed by atoms with Gasteiger partial charge >= 0.3 is 0 Å². The van der Waals surface area contributed by atoms with E-state index in [4.69, 9.17) is 11.6 Å². The Kier molecular flexibility index (Phi) is 10.9. The average Bonchev–Trinajstić information content (AvgIpc) is 2.89. The highest BCUT2D eigenvalue weighted by molar-refractivity contribution is 7.92. The summed E-state index contributed by atoms with van der Waals surface area (Å²) >= 11 is 6.23. The van der Waals surface area contributed by atoms with Crippen LogP contribution in [-0.2, 0) is 32.6 Å². The zero-order valence-electron chi connectivity index (χ0n) is 22.6. The zero-order valence-corrected chi connectivity index (χ0v) is 24.2. The first-order chi connectivity index (χ1) is 18.6. The summed E-state index contributed by atoms with van der Waals surface area (Å²) in [6, 6.07) is 22.7. The number of aryl methyl sites for hydroxylation is 1. The van der Waals surface area contributed by atoms with Gasteiger partial charge in [-0.15, -0.1) is 0 Å². The van der Waals surface area contributed by atoms with E-state index in [9.17, 15) is 18.0 Å². The van der Waals surface area contributed by atoms with E-state index in [2.05, 4.69) is 5.32 Å². The van der Waals surface area contributed by atoms with Crippen LogP contribution in [0.25, 0.3) is 0 Å². The second-order valence-corrected chi connectivity index (χ2v) is 12.0. The Morgan fingerprint density at radius 3 is 2.28 bits per heavy atom. The highest BCUT2D eigenvalue weighted by atomic mass is 35.5. The molecule has 1 unspecified atom stereocenters. The molecule has 9 heteroatoms. The van der Waals surface area contributed by atoms with Crippen LogP contribution < -0.4 is 9.62 Å². The van der Waals surface area contributed by atoms with Crippen LogP contribution in [-0.4, -0.2) is 50.5 Å². The number of unbranched alkanes of at least 4 members (excludes halogenated alkanes) is 1. The predicted molar refractivity (Wildman–Crippen MR) is 157 cm³/mol. The smallest absolute Gasteiger partial charge is 0.244 e. The SMILES string of the molecule is CCCCNC(=O)C(Cc1ccccc1)N(Cc1cccc(Cl)c1)C(=O)CN(c1cccc(C)c1)S(C)(=O)=O. The molecule has 0 spiro atoms. The van der Waals surface area contributed by atoms with E-state index in [0.717, 1.165) is 40.1 Å². The van der Waals surface area contributed by atoms with Gasteiger partial charge in [-0.05, 0) is 54.3 Å². The van der Waals surface area contributed by atoms with Gasteiger partial charge < -0.3 is 10.2 Å². The number of carbonyl (C=O) groups excluding carboxylic acids is 2. The van der Waals surface area contributed by atoms with Crippen molar-refractivity contribution in [2.75, 3.05) is 23.7 Å². The van der Waals surface area contributed by atoms with E-state index in [0.29, 0.717) is 17.3 Å². The molecule has 39 heavy (non-hydrogen) atoms. The molecule has 0 aliphatic rings. The molecule has 0 aliphatic carbocycles. The van der Waals surface area contributed by atoms with Crippen LogP contribution in [0.2, 0.25) is 5.02 Å². The Hall–Kier alpha value is -3.36. The van der Waals surface area contributed by atoms with Crippen LogP contribution in [0.1, 0.15) is 36.5 Å². The third kappa shape index (κ3) is 9.11. The van der Waals surface area contributed by atoms with Crippen molar-refractivity contribution in [2.45, 2.75) is 45.7 Å². The number of sulfonamides is 1. The summed E-state index contributed by atoms with van der Waals surface area (Å²) in [6.07, 6.45) is 3.06. The maximum absolute atomic E-state index is 14.0. The van der Waals surface area contributed by atoms with Gasteiger partial charge in [0.05, 0.1) is 11.9 Å². The van der Waals surface area contributed by atoms with E-state index >= 15 is 0 Å². The Morgan fingerprint density at radius 1 is 0.949 bits per heavy atom. The number of carbonyl (C=O) groups is 2. The minimum absolute atomic E-state index is 0.0868. The summed E-state index contributed by atoms with van der Waals surface area (Å²) in [4.78, 5) is 29.0. The number of amides is 2. The fourth-order valence-electron chi connectivity index (χ4n) is 4.29. The summed E-state index contributed by atoms with van der Waals surface area (Å²) in [7, 11) is -3.80. The van der Waals surface area contributed by atoms with Gasteiger partial charge in [0.2, 0.25) is 21.8 Å². The lowest BCUT2D eigenvalue weighted by Crippen LogP contribution is -2.53. The third-order valence-electron chi connectivity index (χ3n) is 6.31. The third-order valence-corrected chi connectivity index (χ3v) is 7.69. The van der Waals surface area contributed by atoms with Crippen molar-refractivity contribution in [3.05, 3.63) is 101 Å². The van der Waals surface area contributed by atoms with Gasteiger partial charge in [0.1, 0.15) is 12.6 Å². The maximum Gasteiger partial charge on any atom is 0.244 e. The molecular weight excluding hydrogens is 534 g/mol. The topological polar surface area (TPSA) is 86.8 Å². The second-order valence-electron chi connectivity index (χ2n) is 9.61. The quantitative estimate of drug-likeness (QED) is 0.294. The molecule has 3 aromatic rings. The molecule has 0 saturated carbocycles. The Morgan fingerprint density at radius 2 is 1.64 bits per heavy atom. The summed E-state index contributed by atoms with van der Waals surface area (Å²) in [5.41, 5.74) is 2.87. The highest BCUT2D eigenvalue weighted by Gasteiger charge is 2.33. The number of hydrogen-bond donors (Lipinski definition) is 1. The van der Waals surface area contributed by atoms with Crippen molar-refractivity contribution in [1.29, 1.82) is 0 Å². The first kappa shape index (κ1) is 30.2. The van der Waals surface area contributed by atoms with Gasteiger partial charge in [-0.25, -0.2) is 8.42 Å². The fourth-order valence-corrected chi connectivity index (χ4v) is 5.34. The first-order valence-electron chi connectivity index (χ1n) is 13.0. The van der Waals surface area contributed by atoms with Gasteiger partial charge in [0.15, 0.2) is 0 Å². The molecular formula is C30H36ClN3O4S. The molecule has 0 aliphatic heterocycles. The molecule has 1 atom stereocenters. The number of hydrogen-bond acceptors (Lipinski definition) is 4. The second kappa shape index (κ2) is 14.1. The standard InChI is InChI=1S/C30H36ClN3O4S/c1-4-5-17-32-30(36)28(20-24-12-7-6-8-13-24)33(21-25-14-10-15-26(31)19-25)29(35)22-34(39(3,37)38)27-16-9-11-23(2)18-27/h6-16,18-19,28H,4-5,17,20-22H2,1-3H3,(H,32,36). The number of nitrogens with zero attached hydrogens (tertiary/aromatic N) is 2. The van der Waals surface area contributed by atoms with E-state index in [1.54, 1.807) is 36.4 Å². The van der Waals surface area contributed by atoms with Crippen molar-refractivity contribution in [3.63, 3.8) is 0 Å². The first-order valence-corrected chi connectivity index (χ1v) is 15.2. The minimum atomic E-state index is -3.80. The number of benzene rings is 3.